The molecule has 3 aromatic heterocycles. The van der Waals surface area contributed by atoms with E-state index in [9.17, 15) is 4.79 Å². The normalized spacial score (nSPS) is 12.0. The quantitative estimate of drug-likeness (QED) is 0.578. The molecule has 1 unspecified atom stereocenters. The Morgan fingerprint density at radius 2 is 1.92 bits per heavy atom. The molecule has 0 saturated heterocycles. The van der Waals surface area contributed by atoms with Crippen molar-refractivity contribution in [1.82, 2.24) is 24.9 Å². The van der Waals surface area contributed by atoms with E-state index in [-0.39, 0.29) is 12.1 Å². The molecule has 4 aromatic rings. The number of carbonyl (C=O) groups excluding carboxylic acids is 1. The number of hydrogen-bond acceptors (Lipinski definition) is 5. The van der Waals surface area contributed by atoms with Crippen LogP contribution in [0, 0.1) is 0 Å². The van der Waals surface area contributed by atoms with Crippen LogP contribution in [0.15, 0.2) is 60.1 Å². The fourth-order valence-corrected chi connectivity index (χ4v) is 3.34. The van der Waals surface area contributed by atoms with Gasteiger partial charge in [0.1, 0.15) is 0 Å². The largest absolute Gasteiger partial charge is 0.328 e. The number of pyridine rings is 1. The highest BCUT2D eigenvalue weighted by Crippen LogP contribution is 2.24. The standard InChI is InChI=1S/C18H16N6OS/c1-12(16-23-22-15-9-5-6-10-24(15)16)19-17(25)21-18-20-14(11-26-18)13-7-3-2-4-8-13/h2-12H,1H3,(H2,19,20,21,25). The summed E-state index contributed by atoms with van der Waals surface area (Å²) in [6.07, 6.45) is 1.87. The lowest BCUT2D eigenvalue weighted by atomic mass is 10.2. The van der Waals surface area contributed by atoms with Crippen molar-refractivity contribution in [3.63, 3.8) is 0 Å². The molecular formula is C18H16N6OS. The van der Waals surface area contributed by atoms with Gasteiger partial charge in [0.2, 0.25) is 0 Å². The van der Waals surface area contributed by atoms with Crippen molar-refractivity contribution in [2.24, 2.45) is 0 Å². The number of nitrogens with one attached hydrogen (secondary N) is 2. The second-order valence-electron chi connectivity index (χ2n) is 5.71. The van der Waals surface area contributed by atoms with Gasteiger partial charge in [-0.1, -0.05) is 36.4 Å². The summed E-state index contributed by atoms with van der Waals surface area (Å²) in [6.45, 7) is 1.86. The summed E-state index contributed by atoms with van der Waals surface area (Å²) in [5.74, 6) is 0.667. The van der Waals surface area contributed by atoms with Gasteiger partial charge in [0.25, 0.3) is 0 Å². The topological polar surface area (TPSA) is 84.2 Å². The van der Waals surface area contributed by atoms with Crippen LogP contribution in [0.4, 0.5) is 9.93 Å². The molecule has 8 heteroatoms. The number of aromatic nitrogens is 4. The molecule has 3 heterocycles. The fraction of sp³-hybridized carbons (Fsp3) is 0.111. The molecule has 0 aliphatic heterocycles. The van der Waals surface area contributed by atoms with Gasteiger partial charge in [0.05, 0.1) is 11.7 Å². The molecule has 4 rings (SSSR count). The molecule has 1 aromatic carbocycles. The Hall–Kier alpha value is -3.26. The predicted octanol–water partition coefficient (Wildman–Crippen LogP) is 3.74. The molecular weight excluding hydrogens is 348 g/mol. The summed E-state index contributed by atoms with van der Waals surface area (Å²) < 4.78 is 1.85. The molecule has 0 aliphatic rings. The van der Waals surface area contributed by atoms with Crippen molar-refractivity contribution in [2.45, 2.75) is 13.0 Å². The maximum atomic E-state index is 12.3. The molecule has 0 radical (unpaired) electrons. The third-order valence-electron chi connectivity index (χ3n) is 3.87. The van der Waals surface area contributed by atoms with Gasteiger partial charge in [-0.15, -0.1) is 21.5 Å². The van der Waals surface area contributed by atoms with Gasteiger partial charge >= 0.3 is 6.03 Å². The second-order valence-corrected chi connectivity index (χ2v) is 6.57. The summed E-state index contributed by atoms with van der Waals surface area (Å²) in [7, 11) is 0. The van der Waals surface area contributed by atoms with Gasteiger partial charge in [-0.05, 0) is 19.1 Å². The van der Waals surface area contributed by atoms with E-state index in [0.717, 1.165) is 16.9 Å². The van der Waals surface area contributed by atoms with Crippen molar-refractivity contribution in [1.29, 1.82) is 0 Å². The Morgan fingerprint density at radius 3 is 2.77 bits per heavy atom. The third kappa shape index (κ3) is 3.27. The first kappa shape index (κ1) is 16.2. The zero-order chi connectivity index (χ0) is 17.9. The second kappa shape index (κ2) is 6.93. The number of nitrogens with zero attached hydrogens (tertiary/aromatic N) is 4. The van der Waals surface area contributed by atoms with Crippen LogP contribution in [0.5, 0.6) is 0 Å². The molecule has 0 aliphatic carbocycles. The van der Waals surface area contributed by atoms with E-state index in [2.05, 4.69) is 25.8 Å². The molecule has 130 valence electrons. The van der Waals surface area contributed by atoms with Crippen LogP contribution >= 0.6 is 11.3 Å². The van der Waals surface area contributed by atoms with Crippen LogP contribution < -0.4 is 10.6 Å². The molecule has 1 atom stereocenters. The highest BCUT2D eigenvalue weighted by Gasteiger charge is 2.16. The number of carbonyl (C=O) groups is 1. The van der Waals surface area contributed by atoms with E-state index in [4.69, 9.17) is 0 Å². The van der Waals surface area contributed by atoms with Gasteiger partial charge in [0, 0.05) is 17.1 Å². The molecule has 0 saturated carbocycles. The Labute approximate surface area is 153 Å². The first-order valence-electron chi connectivity index (χ1n) is 8.09. The molecule has 7 nitrogen and oxygen atoms in total. The Kier molecular flexibility index (Phi) is 4.32. The average molecular weight is 364 g/mol. The van der Waals surface area contributed by atoms with Crippen LogP contribution in [0.3, 0.4) is 0 Å². The zero-order valence-electron chi connectivity index (χ0n) is 14.0. The third-order valence-corrected chi connectivity index (χ3v) is 4.63. The van der Waals surface area contributed by atoms with E-state index in [0.29, 0.717) is 11.0 Å². The SMILES string of the molecule is CC(NC(=O)Nc1nc(-c2ccccc2)cs1)c1nnc2ccccn12. The van der Waals surface area contributed by atoms with Crippen LogP contribution in [-0.4, -0.2) is 25.6 Å². The van der Waals surface area contributed by atoms with E-state index in [1.54, 1.807) is 0 Å². The number of hydrogen-bond donors (Lipinski definition) is 2. The van der Waals surface area contributed by atoms with E-state index in [1.165, 1.54) is 11.3 Å². The molecule has 2 N–H and O–H groups in total. The summed E-state index contributed by atoms with van der Waals surface area (Å²) in [6, 6.07) is 14.9. The van der Waals surface area contributed by atoms with Crippen molar-refractivity contribution in [3.8, 4) is 11.3 Å². The van der Waals surface area contributed by atoms with Crippen molar-refractivity contribution in [3.05, 3.63) is 65.9 Å². The zero-order valence-corrected chi connectivity index (χ0v) is 14.8. The van der Waals surface area contributed by atoms with Gasteiger partial charge < -0.3 is 5.32 Å². The van der Waals surface area contributed by atoms with Crippen LogP contribution in [0.1, 0.15) is 18.8 Å². The number of anilines is 1. The van der Waals surface area contributed by atoms with Crippen molar-refractivity contribution in [2.75, 3.05) is 5.32 Å². The first-order chi connectivity index (χ1) is 12.7. The molecule has 0 bridgehead atoms. The minimum absolute atomic E-state index is 0.305. The van der Waals surface area contributed by atoms with Gasteiger partial charge in [-0.2, -0.15) is 0 Å². The van der Waals surface area contributed by atoms with Crippen LogP contribution in [0.25, 0.3) is 16.9 Å². The maximum Gasteiger partial charge on any atom is 0.321 e. The number of thiazole rings is 1. The summed E-state index contributed by atoms with van der Waals surface area (Å²) in [5, 5.41) is 16.4. The first-order valence-corrected chi connectivity index (χ1v) is 8.97. The molecule has 0 fully saturated rings. The van der Waals surface area contributed by atoms with E-state index in [1.807, 2.05) is 71.4 Å². The number of urea groups is 1. The smallest absolute Gasteiger partial charge is 0.321 e. The van der Waals surface area contributed by atoms with Crippen LogP contribution in [-0.2, 0) is 0 Å². The monoisotopic (exact) mass is 364 g/mol. The molecule has 2 amide bonds. The number of rotatable bonds is 4. The fourth-order valence-electron chi connectivity index (χ4n) is 2.62. The van der Waals surface area contributed by atoms with Gasteiger partial charge in [-0.25, -0.2) is 9.78 Å². The van der Waals surface area contributed by atoms with Crippen molar-refractivity contribution >= 4 is 28.1 Å². The highest BCUT2D eigenvalue weighted by molar-refractivity contribution is 7.14. The lowest BCUT2D eigenvalue weighted by Gasteiger charge is -2.12. The number of fused-ring (bicyclic) bond motifs is 1. The van der Waals surface area contributed by atoms with E-state index >= 15 is 0 Å². The molecule has 0 spiro atoms. The number of amides is 2. The average Bonchev–Trinajstić information content (AvgIpc) is 3.29. The van der Waals surface area contributed by atoms with E-state index < -0.39 is 0 Å². The minimum atomic E-state index is -0.334. The summed E-state index contributed by atoms with van der Waals surface area (Å²) in [4.78, 5) is 16.7. The highest BCUT2D eigenvalue weighted by atomic mass is 32.1. The molecule has 26 heavy (non-hydrogen) atoms. The number of benzene rings is 1. The van der Waals surface area contributed by atoms with Gasteiger partial charge in [0.15, 0.2) is 16.6 Å². The van der Waals surface area contributed by atoms with Gasteiger partial charge in [-0.3, -0.25) is 9.72 Å². The van der Waals surface area contributed by atoms with Crippen molar-refractivity contribution < 1.29 is 4.79 Å². The Balaban J connectivity index is 1.43. The van der Waals surface area contributed by atoms with Crippen LogP contribution in [0.2, 0.25) is 0 Å². The lowest BCUT2D eigenvalue weighted by Crippen LogP contribution is -2.32. The lowest BCUT2D eigenvalue weighted by molar-refractivity contribution is 0.249. The summed E-state index contributed by atoms with van der Waals surface area (Å²) in [5.41, 5.74) is 2.59. The predicted molar refractivity (Wildman–Crippen MR) is 101 cm³/mol. The maximum absolute atomic E-state index is 12.3. The minimum Gasteiger partial charge on any atom is -0.328 e. The Morgan fingerprint density at radius 1 is 1.12 bits per heavy atom. The Bertz CT molecular complexity index is 1040. The summed E-state index contributed by atoms with van der Waals surface area (Å²) >= 11 is 1.38.